The lowest BCUT2D eigenvalue weighted by molar-refractivity contribution is -0.115. The van der Waals surface area contributed by atoms with Crippen molar-refractivity contribution >= 4 is 12.3 Å². The highest BCUT2D eigenvalue weighted by atomic mass is 19.1. The van der Waals surface area contributed by atoms with Crippen molar-refractivity contribution in [2.45, 2.75) is 45.1 Å². The summed E-state index contributed by atoms with van der Waals surface area (Å²) in [5.74, 6) is -2.15. The smallest absolute Gasteiger partial charge is 0.262 e. The molecule has 0 radical (unpaired) electrons. The summed E-state index contributed by atoms with van der Waals surface area (Å²) in [5, 5.41) is 4.09. The van der Waals surface area contributed by atoms with Gasteiger partial charge in [-0.3, -0.25) is 24.2 Å². The van der Waals surface area contributed by atoms with Crippen molar-refractivity contribution in [3.05, 3.63) is 71.7 Å². The topological polar surface area (TPSA) is 77.3 Å². The van der Waals surface area contributed by atoms with E-state index in [1.54, 1.807) is 13.0 Å². The van der Waals surface area contributed by atoms with Gasteiger partial charge in [0, 0.05) is 50.5 Å². The van der Waals surface area contributed by atoms with E-state index in [9.17, 15) is 18.4 Å². The Morgan fingerprint density at radius 2 is 1.89 bits per heavy atom. The average Bonchev–Trinajstić information content (AvgIpc) is 3.58. The Hall–Kier alpha value is -3.46. The summed E-state index contributed by atoms with van der Waals surface area (Å²) < 4.78 is 34.0. The Bertz CT molecular complexity index is 1100. The molecule has 0 N–H and O–H groups in total. The number of aryl methyl sites for hydroxylation is 1. The van der Waals surface area contributed by atoms with Gasteiger partial charge in [-0.2, -0.15) is 5.10 Å². The molecule has 7 nitrogen and oxygen atoms in total. The maximum absolute atomic E-state index is 13.9. The molecule has 2 amide bonds. The summed E-state index contributed by atoms with van der Waals surface area (Å²) >= 11 is 0. The number of hydrogen-bond acceptors (Lipinski definition) is 5. The predicted molar refractivity (Wildman–Crippen MR) is 128 cm³/mol. The van der Waals surface area contributed by atoms with Gasteiger partial charge in [0.15, 0.2) is 0 Å². The number of imide groups is 1. The maximum atomic E-state index is 13.9. The van der Waals surface area contributed by atoms with Gasteiger partial charge in [0.2, 0.25) is 6.41 Å². The van der Waals surface area contributed by atoms with Crippen molar-refractivity contribution in [3.63, 3.8) is 0 Å². The van der Waals surface area contributed by atoms with Crippen molar-refractivity contribution < 1.29 is 23.1 Å². The van der Waals surface area contributed by atoms with E-state index in [2.05, 4.69) is 10.1 Å². The Labute approximate surface area is 203 Å². The lowest BCUT2D eigenvalue weighted by Gasteiger charge is -2.15. The Morgan fingerprint density at radius 3 is 2.40 bits per heavy atom. The van der Waals surface area contributed by atoms with Crippen molar-refractivity contribution in [1.29, 1.82) is 0 Å². The standard InChI is InChI=1S/C15H12F2N2O2.C6H8N2.C5H10O/c1-9-5-6-18-14(13(9)15(21)19(2)8-20)11-4-3-10(16)7-12(11)17;1-4-7-8(5-1)6-2-3-6;1-2-4-6-5-3-1/h3-8H,1-2H3;1,4-6H,2-3H2;1-5H2. The average molecular weight is 485 g/mol. The molecule has 2 aromatic heterocycles. The second-order valence-corrected chi connectivity index (χ2v) is 8.39. The largest absolute Gasteiger partial charge is 0.381 e. The molecule has 1 aromatic carbocycles. The molecule has 35 heavy (non-hydrogen) atoms. The van der Waals surface area contributed by atoms with Crippen LogP contribution in [-0.4, -0.2) is 52.2 Å². The molecule has 9 heteroatoms. The summed E-state index contributed by atoms with van der Waals surface area (Å²) in [7, 11) is 1.30. The monoisotopic (exact) mass is 484 g/mol. The number of carbonyl (C=O) groups is 2. The maximum Gasteiger partial charge on any atom is 0.262 e. The van der Waals surface area contributed by atoms with Crippen LogP contribution in [0.4, 0.5) is 8.78 Å². The van der Waals surface area contributed by atoms with E-state index in [1.807, 2.05) is 23.1 Å². The Morgan fingerprint density at radius 1 is 1.14 bits per heavy atom. The molecule has 186 valence electrons. The van der Waals surface area contributed by atoms with Crippen molar-refractivity contribution in [2.24, 2.45) is 0 Å². The lowest BCUT2D eigenvalue weighted by atomic mass is 10.0. The van der Waals surface area contributed by atoms with E-state index in [0.29, 0.717) is 12.0 Å². The lowest BCUT2D eigenvalue weighted by Crippen LogP contribution is -2.26. The molecule has 3 aromatic rings. The van der Waals surface area contributed by atoms with Gasteiger partial charge < -0.3 is 4.74 Å². The fraction of sp³-hybridized carbons (Fsp3) is 0.385. The number of halogens is 2. The quantitative estimate of drug-likeness (QED) is 0.489. The fourth-order valence-corrected chi connectivity index (χ4v) is 3.46. The number of rotatable bonds is 4. The first-order chi connectivity index (χ1) is 16.9. The van der Waals surface area contributed by atoms with Crippen LogP contribution in [0.15, 0.2) is 48.9 Å². The van der Waals surface area contributed by atoms with Crippen LogP contribution < -0.4 is 0 Å². The van der Waals surface area contributed by atoms with Crippen LogP contribution in [0.25, 0.3) is 11.3 Å². The van der Waals surface area contributed by atoms with Crippen LogP contribution in [0.2, 0.25) is 0 Å². The predicted octanol–water partition coefficient (Wildman–Crippen LogP) is 4.97. The summed E-state index contributed by atoms with van der Waals surface area (Å²) in [6, 6.07) is 7.31. The van der Waals surface area contributed by atoms with Crippen molar-refractivity contribution in [3.8, 4) is 11.3 Å². The van der Waals surface area contributed by atoms with Gasteiger partial charge in [0.25, 0.3) is 5.91 Å². The summed E-state index contributed by atoms with van der Waals surface area (Å²) in [4.78, 5) is 27.8. The zero-order valence-electron chi connectivity index (χ0n) is 20.0. The van der Waals surface area contributed by atoms with E-state index >= 15 is 0 Å². The molecule has 0 atom stereocenters. The van der Waals surface area contributed by atoms with Crippen molar-refractivity contribution in [2.75, 3.05) is 20.3 Å². The molecule has 0 spiro atoms. The highest BCUT2D eigenvalue weighted by molar-refractivity contribution is 6.05. The van der Waals surface area contributed by atoms with Crippen molar-refractivity contribution in [1.82, 2.24) is 19.7 Å². The molecule has 1 aliphatic carbocycles. The molecule has 1 saturated heterocycles. The van der Waals surface area contributed by atoms with E-state index in [-0.39, 0.29) is 16.8 Å². The van der Waals surface area contributed by atoms with E-state index in [1.165, 1.54) is 51.4 Å². The van der Waals surface area contributed by atoms with Crippen LogP contribution in [0, 0.1) is 18.6 Å². The number of benzene rings is 1. The zero-order chi connectivity index (χ0) is 25.2. The van der Waals surface area contributed by atoms with Gasteiger partial charge in [-0.05, 0) is 68.9 Å². The second-order valence-electron chi connectivity index (χ2n) is 8.39. The third kappa shape index (κ3) is 7.51. The number of carbonyl (C=O) groups excluding carboxylic acids is 2. The van der Waals surface area contributed by atoms with Crippen LogP contribution in [0.3, 0.4) is 0 Å². The van der Waals surface area contributed by atoms with Gasteiger partial charge in [-0.15, -0.1) is 0 Å². The third-order valence-corrected chi connectivity index (χ3v) is 5.56. The highest BCUT2D eigenvalue weighted by Gasteiger charge is 2.23. The number of amides is 2. The van der Waals surface area contributed by atoms with Crippen LogP contribution >= 0.6 is 0 Å². The Kier molecular flexibility index (Phi) is 9.60. The van der Waals surface area contributed by atoms with E-state index in [0.717, 1.165) is 36.3 Å². The minimum absolute atomic E-state index is 0.00255. The molecule has 2 aliphatic rings. The minimum Gasteiger partial charge on any atom is -0.381 e. The Balaban J connectivity index is 0.000000195. The molecular formula is C26H30F2N4O3. The van der Waals surface area contributed by atoms with Gasteiger partial charge in [-0.25, -0.2) is 8.78 Å². The zero-order valence-corrected chi connectivity index (χ0v) is 20.0. The normalized spacial score (nSPS) is 14.6. The molecule has 1 saturated carbocycles. The number of hydrogen-bond donors (Lipinski definition) is 0. The minimum atomic E-state index is -0.823. The first kappa shape index (κ1) is 26.2. The molecule has 3 heterocycles. The summed E-state index contributed by atoms with van der Waals surface area (Å²) in [6.45, 7) is 3.65. The number of ether oxygens (including phenoxy) is 1. The first-order valence-electron chi connectivity index (χ1n) is 11.6. The second kappa shape index (κ2) is 12.9. The van der Waals surface area contributed by atoms with Gasteiger partial charge in [-0.1, -0.05) is 0 Å². The van der Waals surface area contributed by atoms with Gasteiger partial charge >= 0.3 is 0 Å². The number of nitrogens with zero attached hydrogens (tertiary/aromatic N) is 4. The molecule has 0 bridgehead atoms. The highest BCUT2D eigenvalue weighted by Crippen LogP contribution is 2.33. The van der Waals surface area contributed by atoms with E-state index in [4.69, 9.17) is 4.74 Å². The van der Waals surface area contributed by atoms with Crippen LogP contribution in [0.1, 0.15) is 54.1 Å². The van der Waals surface area contributed by atoms with Crippen LogP contribution in [0.5, 0.6) is 0 Å². The molecule has 2 fully saturated rings. The summed E-state index contributed by atoms with van der Waals surface area (Å²) in [6.07, 6.45) is 12.2. The van der Waals surface area contributed by atoms with Gasteiger partial charge in [0.05, 0.1) is 17.3 Å². The van der Waals surface area contributed by atoms with E-state index < -0.39 is 17.5 Å². The summed E-state index contributed by atoms with van der Waals surface area (Å²) in [5.41, 5.74) is 0.731. The molecule has 1 aliphatic heterocycles. The third-order valence-electron chi connectivity index (χ3n) is 5.56. The molecule has 5 rings (SSSR count). The van der Waals surface area contributed by atoms with Gasteiger partial charge in [0.1, 0.15) is 11.6 Å². The number of aromatic nitrogens is 3. The van der Waals surface area contributed by atoms with Crippen LogP contribution in [-0.2, 0) is 9.53 Å². The SMILES string of the molecule is C1CCOCC1.Cc1ccnc(-c2ccc(F)cc2F)c1C(=O)N(C)C=O.c1cnn(C2CC2)c1. The molecular weight excluding hydrogens is 454 g/mol. The molecule has 0 unspecified atom stereocenters. The number of pyridine rings is 1. The first-order valence-corrected chi connectivity index (χ1v) is 11.6. The fourth-order valence-electron chi connectivity index (χ4n) is 3.46.